The first-order chi connectivity index (χ1) is 10.0. The van der Waals surface area contributed by atoms with Crippen LogP contribution in [-0.4, -0.2) is 23.5 Å². The first kappa shape index (κ1) is 17.9. The fraction of sp³-hybridized carbons (Fsp3) is 0.467. The van der Waals surface area contributed by atoms with E-state index in [2.05, 4.69) is 21.2 Å². The van der Waals surface area contributed by atoms with Gasteiger partial charge in [-0.2, -0.15) is 0 Å². The molecule has 1 amide bonds. The summed E-state index contributed by atoms with van der Waals surface area (Å²) in [5, 5.41) is 11.5. The fourth-order valence-corrected chi connectivity index (χ4v) is 3.24. The zero-order valence-electron chi connectivity index (χ0n) is 12.0. The number of halogens is 1. The molecule has 1 atom stereocenters. The molecular weight excluding hydrogens is 354 g/mol. The lowest BCUT2D eigenvalue weighted by Gasteiger charge is -2.13. The number of nitrogens with one attached hydrogen (secondary N) is 1. The Balaban J connectivity index is 2.25. The van der Waals surface area contributed by atoms with E-state index in [1.807, 2.05) is 19.1 Å². The van der Waals surface area contributed by atoms with Gasteiger partial charge in [-0.25, -0.2) is 0 Å². The molecule has 2 N–H and O–H groups in total. The van der Waals surface area contributed by atoms with Crippen LogP contribution in [0.1, 0.15) is 37.5 Å². The third-order valence-corrected chi connectivity index (χ3v) is 4.78. The number of hydrogen-bond donors (Lipinski definition) is 2. The van der Waals surface area contributed by atoms with Gasteiger partial charge in [0.2, 0.25) is 5.91 Å². The second kappa shape index (κ2) is 9.73. The topological polar surface area (TPSA) is 66.4 Å². The highest BCUT2D eigenvalue weighted by molar-refractivity contribution is 9.11. The van der Waals surface area contributed by atoms with Gasteiger partial charge >= 0.3 is 5.97 Å². The minimum atomic E-state index is -0.762. The van der Waals surface area contributed by atoms with Gasteiger partial charge in [-0.05, 0) is 52.9 Å². The van der Waals surface area contributed by atoms with E-state index < -0.39 is 5.97 Å². The predicted octanol–water partition coefficient (Wildman–Crippen LogP) is 3.92. The summed E-state index contributed by atoms with van der Waals surface area (Å²) in [6, 6.07) is 3.88. The Morgan fingerprint density at radius 1 is 1.43 bits per heavy atom. The molecule has 0 radical (unpaired) electrons. The van der Waals surface area contributed by atoms with E-state index in [0.29, 0.717) is 18.9 Å². The molecular formula is C15H20BrNO3S. The normalized spacial score (nSPS) is 12.5. The van der Waals surface area contributed by atoms with Crippen LogP contribution in [0.4, 0.5) is 0 Å². The van der Waals surface area contributed by atoms with Gasteiger partial charge in [0.1, 0.15) is 0 Å². The van der Waals surface area contributed by atoms with Gasteiger partial charge in [-0.15, -0.1) is 11.3 Å². The summed E-state index contributed by atoms with van der Waals surface area (Å²) in [7, 11) is 0. The fourth-order valence-electron chi connectivity index (χ4n) is 1.91. The van der Waals surface area contributed by atoms with Crippen molar-refractivity contribution in [1.29, 1.82) is 0 Å². The number of aliphatic carboxylic acids is 1. The molecule has 0 saturated carbocycles. The van der Waals surface area contributed by atoms with Crippen LogP contribution in [0.15, 0.2) is 22.0 Å². The molecule has 0 saturated heterocycles. The van der Waals surface area contributed by atoms with Crippen LogP contribution >= 0.6 is 27.3 Å². The molecule has 4 nitrogen and oxygen atoms in total. The van der Waals surface area contributed by atoms with Crippen molar-refractivity contribution in [3.63, 3.8) is 0 Å². The standard InChI is InChI=1S/C15H20BrNO3S/c1-2-11(3-8-15(19)20)9-10-17-14(18)7-5-12-4-6-13(16)21-12/h4-7,11H,2-3,8-10H2,1H3,(H,17,18)(H,19,20). The number of carbonyl (C=O) groups excluding carboxylic acids is 1. The van der Waals surface area contributed by atoms with Crippen LogP contribution in [-0.2, 0) is 9.59 Å². The molecule has 0 bridgehead atoms. The van der Waals surface area contributed by atoms with Gasteiger partial charge in [-0.1, -0.05) is 13.3 Å². The Morgan fingerprint density at radius 3 is 2.76 bits per heavy atom. The molecule has 1 aromatic rings. The summed E-state index contributed by atoms with van der Waals surface area (Å²) in [4.78, 5) is 23.2. The lowest BCUT2D eigenvalue weighted by molar-refractivity contribution is -0.137. The van der Waals surface area contributed by atoms with Crippen LogP contribution in [0.3, 0.4) is 0 Å². The predicted molar refractivity (Wildman–Crippen MR) is 89.3 cm³/mol. The minimum absolute atomic E-state index is 0.118. The highest BCUT2D eigenvalue weighted by atomic mass is 79.9. The average Bonchev–Trinajstić information content (AvgIpc) is 2.86. The van der Waals surface area contributed by atoms with Crippen molar-refractivity contribution in [2.45, 2.75) is 32.6 Å². The van der Waals surface area contributed by atoms with E-state index in [1.54, 1.807) is 17.4 Å². The monoisotopic (exact) mass is 373 g/mol. The number of hydrogen-bond acceptors (Lipinski definition) is 3. The van der Waals surface area contributed by atoms with E-state index >= 15 is 0 Å². The van der Waals surface area contributed by atoms with E-state index in [9.17, 15) is 9.59 Å². The lowest BCUT2D eigenvalue weighted by atomic mass is 9.97. The van der Waals surface area contributed by atoms with Gasteiger partial charge in [0.25, 0.3) is 0 Å². The summed E-state index contributed by atoms with van der Waals surface area (Å²) < 4.78 is 1.03. The van der Waals surface area contributed by atoms with E-state index in [1.165, 1.54) is 6.08 Å². The lowest BCUT2D eigenvalue weighted by Crippen LogP contribution is -2.24. The molecule has 0 spiro atoms. The minimum Gasteiger partial charge on any atom is -0.481 e. The molecule has 0 aliphatic rings. The van der Waals surface area contributed by atoms with Crippen LogP contribution in [0.25, 0.3) is 6.08 Å². The smallest absolute Gasteiger partial charge is 0.303 e. The van der Waals surface area contributed by atoms with Gasteiger partial charge in [0, 0.05) is 23.9 Å². The molecule has 6 heteroatoms. The zero-order valence-corrected chi connectivity index (χ0v) is 14.4. The molecule has 0 aliphatic heterocycles. The number of rotatable bonds is 9. The van der Waals surface area contributed by atoms with Gasteiger partial charge < -0.3 is 10.4 Å². The van der Waals surface area contributed by atoms with Crippen molar-refractivity contribution < 1.29 is 14.7 Å². The summed E-state index contributed by atoms with van der Waals surface area (Å²) in [5.41, 5.74) is 0. The molecule has 1 unspecified atom stereocenters. The Labute approximate surface area is 137 Å². The molecule has 1 rings (SSSR count). The molecule has 1 aromatic heterocycles. The van der Waals surface area contributed by atoms with Crippen molar-refractivity contribution in [3.05, 3.63) is 26.9 Å². The number of amides is 1. The van der Waals surface area contributed by atoms with E-state index in [0.717, 1.165) is 21.5 Å². The highest BCUT2D eigenvalue weighted by Crippen LogP contribution is 2.22. The Hall–Kier alpha value is -1.14. The highest BCUT2D eigenvalue weighted by Gasteiger charge is 2.09. The summed E-state index contributed by atoms with van der Waals surface area (Å²) >= 11 is 4.94. The van der Waals surface area contributed by atoms with Crippen molar-refractivity contribution in [1.82, 2.24) is 5.32 Å². The van der Waals surface area contributed by atoms with Crippen molar-refractivity contribution in [3.8, 4) is 0 Å². The maximum atomic E-state index is 11.7. The van der Waals surface area contributed by atoms with Crippen molar-refractivity contribution in [2.24, 2.45) is 5.92 Å². The third-order valence-electron chi connectivity index (χ3n) is 3.19. The summed E-state index contributed by atoms with van der Waals surface area (Å²) in [6.45, 7) is 2.62. The van der Waals surface area contributed by atoms with Crippen LogP contribution in [0.5, 0.6) is 0 Å². The second-order valence-corrected chi connectivity index (χ2v) is 7.26. The Bertz CT molecular complexity index is 499. The number of carboxylic acids is 1. The van der Waals surface area contributed by atoms with Crippen LogP contribution < -0.4 is 5.32 Å². The number of carbonyl (C=O) groups is 2. The van der Waals surface area contributed by atoms with Gasteiger partial charge in [-0.3, -0.25) is 9.59 Å². The largest absolute Gasteiger partial charge is 0.481 e. The van der Waals surface area contributed by atoms with Gasteiger partial charge in [0.15, 0.2) is 0 Å². The van der Waals surface area contributed by atoms with Gasteiger partial charge in [0.05, 0.1) is 3.79 Å². The summed E-state index contributed by atoms with van der Waals surface area (Å²) in [6.07, 6.45) is 5.92. The second-order valence-electron chi connectivity index (χ2n) is 4.76. The van der Waals surface area contributed by atoms with E-state index in [4.69, 9.17) is 5.11 Å². The first-order valence-corrected chi connectivity index (χ1v) is 8.55. The molecule has 116 valence electrons. The maximum Gasteiger partial charge on any atom is 0.303 e. The summed E-state index contributed by atoms with van der Waals surface area (Å²) in [5.74, 6) is -0.534. The Morgan fingerprint density at radius 2 is 2.19 bits per heavy atom. The maximum absolute atomic E-state index is 11.7. The zero-order chi connectivity index (χ0) is 15.7. The van der Waals surface area contributed by atoms with Crippen molar-refractivity contribution in [2.75, 3.05) is 6.54 Å². The van der Waals surface area contributed by atoms with E-state index in [-0.39, 0.29) is 12.3 Å². The number of carboxylic acid groups (broad SMARTS) is 1. The quantitative estimate of drug-likeness (QED) is 0.644. The molecule has 1 heterocycles. The Kier molecular flexibility index (Phi) is 8.30. The number of thiophene rings is 1. The van der Waals surface area contributed by atoms with Crippen molar-refractivity contribution >= 4 is 45.2 Å². The third kappa shape index (κ3) is 8.02. The molecule has 21 heavy (non-hydrogen) atoms. The first-order valence-electron chi connectivity index (χ1n) is 6.94. The van der Waals surface area contributed by atoms with Crippen LogP contribution in [0.2, 0.25) is 0 Å². The molecule has 0 aromatic carbocycles. The van der Waals surface area contributed by atoms with Crippen LogP contribution in [0, 0.1) is 5.92 Å². The average molecular weight is 374 g/mol. The molecule has 0 aliphatic carbocycles. The SMILES string of the molecule is CCC(CCNC(=O)C=Cc1ccc(Br)s1)CCC(=O)O. The molecule has 0 fully saturated rings.